The topological polar surface area (TPSA) is 86.9 Å². The van der Waals surface area contributed by atoms with Gasteiger partial charge in [0.05, 0.1) is 6.20 Å². The maximum Gasteiger partial charge on any atom is 0.219 e. The van der Waals surface area contributed by atoms with Gasteiger partial charge < -0.3 is 11.5 Å². The molecule has 1 aromatic heterocycles. The third kappa shape index (κ3) is 2.06. The Bertz CT molecular complexity index is 318. The van der Waals surface area contributed by atoms with E-state index in [0.717, 1.165) is 11.3 Å². The smallest absolute Gasteiger partial charge is 0.219 e. The second-order valence-electron chi connectivity index (χ2n) is 3.09. The molecule has 1 heterocycles. The van der Waals surface area contributed by atoms with Crippen LogP contribution in [0.25, 0.3) is 0 Å². The zero-order valence-corrected chi connectivity index (χ0v) is 7.82. The van der Waals surface area contributed by atoms with E-state index in [-0.39, 0.29) is 12.5 Å². The van der Waals surface area contributed by atoms with Crippen LogP contribution in [-0.4, -0.2) is 15.7 Å². The summed E-state index contributed by atoms with van der Waals surface area (Å²) in [5.74, 6) is -0.393. The van der Waals surface area contributed by atoms with Crippen molar-refractivity contribution in [3.05, 3.63) is 17.5 Å². The van der Waals surface area contributed by atoms with Crippen molar-refractivity contribution < 1.29 is 4.79 Å². The zero-order valence-electron chi connectivity index (χ0n) is 7.82. The van der Waals surface area contributed by atoms with Crippen LogP contribution < -0.4 is 11.5 Å². The van der Waals surface area contributed by atoms with Gasteiger partial charge in [-0.25, -0.2) is 0 Å². The Morgan fingerprint density at radius 3 is 2.77 bits per heavy atom. The molecule has 1 aromatic rings. The molecule has 0 bridgehead atoms. The van der Waals surface area contributed by atoms with Crippen molar-refractivity contribution >= 4 is 5.91 Å². The molecule has 4 N–H and O–H groups in total. The first kappa shape index (κ1) is 9.73. The van der Waals surface area contributed by atoms with Gasteiger partial charge in [0, 0.05) is 30.8 Å². The Kier molecular flexibility index (Phi) is 2.67. The summed E-state index contributed by atoms with van der Waals surface area (Å²) < 4.78 is 1.72. The van der Waals surface area contributed by atoms with E-state index in [2.05, 4.69) is 5.10 Å². The van der Waals surface area contributed by atoms with E-state index in [4.69, 9.17) is 11.5 Å². The van der Waals surface area contributed by atoms with Gasteiger partial charge in [0.1, 0.15) is 0 Å². The summed E-state index contributed by atoms with van der Waals surface area (Å²) >= 11 is 0. The van der Waals surface area contributed by atoms with E-state index in [1.165, 1.54) is 0 Å². The average molecular weight is 182 g/mol. The van der Waals surface area contributed by atoms with Crippen molar-refractivity contribution in [3.63, 3.8) is 0 Å². The van der Waals surface area contributed by atoms with Crippen LogP contribution in [0.5, 0.6) is 0 Å². The largest absolute Gasteiger partial charge is 0.370 e. The molecule has 0 saturated carbocycles. The monoisotopic (exact) mass is 182 g/mol. The van der Waals surface area contributed by atoms with Gasteiger partial charge in [-0.05, 0) is 6.92 Å². The average Bonchev–Trinajstić information content (AvgIpc) is 2.31. The molecule has 72 valence electrons. The van der Waals surface area contributed by atoms with Gasteiger partial charge in [0.25, 0.3) is 0 Å². The van der Waals surface area contributed by atoms with Crippen molar-refractivity contribution in [2.24, 2.45) is 18.5 Å². The van der Waals surface area contributed by atoms with Gasteiger partial charge in [-0.1, -0.05) is 0 Å². The second kappa shape index (κ2) is 3.57. The second-order valence-corrected chi connectivity index (χ2v) is 3.09. The highest BCUT2D eigenvalue weighted by Crippen LogP contribution is 2.16. The first-order valence-electron chi connectivity index (χ1n) is 4.04. The molecule has 1 atom stereocenters. The summed E-state index contributed by atoms with van der Waals surface area (Å²) in [6.45, 7) is 1.91. The minimum atomic E-state index is -0.393. The number of hydrogen-bond acceptors (Lipinski definition) is 3. The third-order valence-corrected chi connectivity index (χ3v) is 2.09. The van der Waals surface area contributed by atoms with Gasteiger partial charge in [-0.2, -0.15) is 5.10 Å². The molecular formula is C8H14N4O. The lowest BCUT2D eigenvalue weighted by molar-refractivity contribution is -0.118. The summed E-state index contributed by atoms with van der Waals surface area (Å²) in [5, 5.41) is 4.03. The number of amides is 1. The number of aromatic nitrogens is 2. The molecule has 0 aromatic carbocycles. The molecule has 0 fully saturated rings. The number of nitrogens with zero attached hydrogens (tertiary/aromatic N) is 2. The van der Waals surface area contributed by atoms with E-state index in [1.807, 2.05) is 14.0 Å². The maximum atomic E-state index is 10.6. The molecule has 0 saturated heterocycles. The van der Waals surface area contributed by atoms with Crippen LogP contribution in [-0.2, 0) is 11.8 Å². The fourth-order valence-corrected chi connectivity index (χ4v) is 1.21. The SMILES string of the molecule is Cc1c([C@@H](N)CC(N)=O)cnn1C. The number of nitrogens with two attached hydrogens (primary N) is 2. The lowest BCUT2D eigenvalue weighted by atomic mass is 10.1. The van der Waals surface area contributed by atoms with Gasteiger partial charge in [-0.3, -0.25) is 9.48 Å². The van der Waals surface area contributed by atoms with Crippen LogP contribution in [0.15, 0.2) is 6.20 Å². The van der Waals surface area contributed by atoms with E-state index in [1.54, 1.807) is 10.9 Å². The van der Waals surface area contributed by atoms with Crippen LogP contribution in [0, 0.1) is 6.92 Å². The minimum absolute atomic E-state index is 0.159. The first-order valence-corrected chi connectivity index (χ1v) is 4.04. The fourth-order valence-electron chi connectivity index (χ4n) is 1.21. The Hall–Kier alpha value is -1.36. The number of rotatable bonds is 3. The maximum absolute atomic E-state index is 10.6. The molecule has 5 heteroatoms. The molecule has 1 amide bonds. The summed E-state index contributed by atoms with van der Waals surface area (Å²) in [4.78, 5) is 10.6. The van der Waals surface area contributed by atoms with E-state index in [0.29, 0.717) is 0 Å². The lowest BCUT2D eigenvalue weighted by Crippen LogP contribution is -2.21. The molecule has 0 spiro atoms. The van der Waals surface area contributed by atoms with Crippen LogP contribution in [0.3, 0.4) is 0 Å². The summed E-state index contributed by atoms with van der Waals surface area (Å²) in [6.07, 6.45) is 1.83. The predicted octanol–water partition coefficient (Wildman–Crippen LogP) is -0.396. The number of primary amides is 1. The third-order valence-electron chi connectivity index (χ3n) is 2.09. The van der Waals surface area contributed by atoms with Crippen LogP contribution in [0.2, 0.25) is 0 Å². The van der Waals surface area contributed by atoms with Crippen molar-refractivity contribution in [3.8, 4) is 0 Å². The lowest BCUT2D eigenvalue weighted by Gasteiger charge is -2.08. The Morgan fingerprint density at radius 1 is 1.77 bits per heavy atom. The Labute approximate surface area is 76.7 Å². The molecule has 0 unspecified atom stereocenters. The highest BCUT2D eigenvalue weighted by Gasteiger charge is 2.14. The quantitative estimate of drug-likeness (QED) is 0.667. The zero-order chi connectivity index (χ0) is 10.0. The van der Waals surface area contributed by atoms with E-state index >= 15 is 0 Å². The first-order chi connectivity index (χ1) is 6.02. The summed E-state index contributed by atoms with van der Waals surface area (Å²) in [7, 11) is 1.83. The normalized spacial score (nSPS) is 12.8. The van der Waals surface area contributed by atoms with Crippen LogP contribution in [0.1, 0.15) is 23.7 Å². The van der Waals surface area contributed by atoms with Crippen LogP contribution >= 0.6 is 0 Å². The number of carbonyl (C=O) groups is 1. The van der Waals surface area contributed by atoms with Gasteiger partial charge >= 0.3 is 0 Å². The number of carbonyl (C=O) groups excluding carboxylic acids is 1. The molecule has 13 heavy (non-hydrogen) atoms. The highest BCUT2D eigenvalue weighted by molar-refractivity contribution is 5.74. The highest BCUT2D eigenvalue weighted by atomic mass is 16.1. The van der Waals surface area contributed by atoms with E-state index in [9.17, 15) is 4.79 Å². The molecule has 0 aliphatic carbocycles. The standard InChI is InChI=1S/C8H14N4O/c1-5-6(4-11-12(5)2)7(9)3-8(10)13/h4,7H,3,9H2,1-2H3,(H2,10,13)/t7-/m0/s1. The predicted molar refractivity (Wildman–Crippen MR) is 48.7 cm³/mol. The summed E-state index contributed by atoms with van der Waals surface area (Å²) in [6, 6.07) is -0.341. The van der Waals surface area contributed by atoms with E-state index < -0.39 is 5.91 Å². The van der Waals surface area contributed by atoms with Crippen molar-refractivity contribution in [2.45, 2.75) is 19.4 Å². The summed E-state index contributed by atoms with van der Waals surface area (Å²) in [5.41, 5.74) is 12.6. The Morgan fingerprint density at radius 2 is 2.38 bits per heavy atom. The van der Waals surface area contributed by atoms with Crippen molar-refractivity contribution in [2.75, 3.05) is 0 Å². The van der Waals surface area contributed by atoms with Gasteiger partial charge in [-0.15, -0.1) is 0 Å². The van der Waals surface area contributed by atoms with Crippen molar-refractivity contribution in [1.82, 2.24) is 9.78 Å². The fraction of sp³-hybridized carbons (Fsp3) is 0.500. The van der Waals surface area contributed by atoms with Gasteiger partial charge in [0.2, 0.25) is 5.91 Å². The number of aryl methyl sites for hydroxylation is 1. The van der Waals surface area contributed by atoms with Crippen LogP contribution in [0.4, 0.5) is 0 Å². The van der Waals surface area contributed by atoms with Crippen molar-refractivity contribution in [1.29, 1.82) is 0 Å². The minimum Gasteiger partial charge on any atom is -0.370 e. The molecule has 0 aliphatic heterocycles. The molecular weight excluding hydrogens is 168 g/mol. The van der Waals surface area contributed by atoms with Gasteiger partial charge in [0.15, 0.2) is 0 Å². The molecule has 0 radical (unpaired) electrons. The molecule has 1 rings (SSSR count). The Balaban J connectivity index is 2.82. The molecule has 5 nitrogen and oxygen atoms in total. The number of hydrogen-bond donors (Lipinski definition) is 2. The molecule has 0 aliphatic rings.